The topological polar surface area (TPSA) is 40.5 Å². The van der Waals surface area contributed by atoms with Crippen LogP contribution in [0.1, 0.15) is 12.8 Å². The van der Waals surface area contributed by atoms with Gasteiger partial charge in [0.15, 0.2) is 0 Å². The number of anilines is 1. The molecule has 1 aromatic carbocycles. The molecule has 1 N–H and O–H groups in total. The first-order valence-corrected chi connectivity index (χ1v) is 5.04. The lowest BCUT2D eigenvalue weighted by atomic mass is 10.2. The molecule has 3 nitrogen and oxygen atoms in total. The van der Waals surface area contributed by atoms with Crippen LogP contribution in [-0.2, 0) is 4.79 Å². The standard InChI is InChI=1S/C11H11F2NO2/c12-7-3-4-9(8(13)6-7)14-5-1-2-10(14)11(15)16/h3-4,6,10H,1-2,5H2,(H,15,16). The average molecular weight is 227 g/mol. The van der Waals surface area contributed by atoms with E-state index in [-0.39, 0.29) is 5.69 Å². The Hall–Kier alpha value is -1.65. The molecule has 2 rings (SSSR count). The quantitative estimate of drug-likeness (QED) is 0.840. The van der Waals surface area contributed by atoms with Crippen molar-refractivity contribution >= 4 is 11.7 Å². The lowest BCUT2D eigenvalue weighted by molar-refractivity contribution is -0.138. The predicted molar refractivity (Wildman–Crippen MR) is 54.4 cm³/mol. The van der Waals surface area contributed by atoms with Crippen LogP contribution in [0.3, 0.4) is 0 Å². The van der Waals surface area contributed by atoms with Crippen molar-refractivity contribution in [3.8, 4) is 0 Å². The van der Waals surface area contributed by atoms with E-state index in [4.69, 9.17) is 5.11 Å². The largest absolute Gasteiger partial charge is 0.480 e. The second-order valence-corrected chi connectivity index (χ2v) is 3.79. The zero-order chi connectivity index (χ0) is 11.7. The summed E-state index contributed by atoms with van der Waals surface area (Å²) in [7, 11) is 0. The van der Waals surface area contributed by atoms with Crippen LogP contribution in [0.25, 0.3) is 0 Å². The lowest BCUT2D eigenvalue weighted by Gasteiger charge is -2.23. The van der Waals surface area contributed by atoms with Gasteiger partial charge in [0, 0.05) is 12.6 Å². The van der Waals surface area contributed by atoms with Gasteiger partial charge in [0.05, 0.1) is 5.69 Å². The predicted octanol–water partition coefficient (Wildman–Crippen LogP) is 2.02. The van der Waals surface area contributed by atoms with Crippen molar-refractivity contribution in [3.63, 3.8) is 0 Å². The van der Waals surface area contributed by atoms with Gasteiger partial charge in [-0.1, -0.05) is 0 Å². The highest BCUT2D eigenvalue weighted by Gasteiger charge is 2.31. The highest BCUT2D eigenvalue weighted by atomic mass is 19.1. The molecule has 1 unspecified atom stereocenters. The van der Waals surface area contributed by atoms with Gasteiger partial charge in [0.1, 0.15) is 17.7 Å². The lowest BCUT2D eigenvalue weighted by Crippen LogP contribution is -2.36. The van der Waals surface area contributed by atoms with E-state index in [9.17, 15) is 13.6 Å². The smallest absolute Gasteiger partial charge is 0.326 e. The maximum absolute atomic E-state index is 13.5. The highest BCUT2D eigenvalue weighted by molar-refractivity contribution is 5.79. The Morgan fingerprint density at radius 3 is 2.81 bits per heavy atom. The second-order valence-electron chi connectivity index (χ2n) is 3.79. The van der Waals surface area contributed by atoms with Gasteiger partial charge in [0.25, 0.3) is 0 Å². The van der Waals surface area contributed by atoms with Crippen molar-refractivity contribution in [1.82, 2.24) is 0 Å². The van der Waals surface area contributed by atoms with E-state index in [1.807, 2.05) is 0 Å². The zero-order valence-electron chi connectivity index (χ0n) is 8.49. The molecule has 0 aromatic heterocycles. The summed E-state index contributed by atoms with van der Waals surface area (Å²) >= 11 is 0. The molecule has 0 spiro atoms. The monoisotopic (exact) mass is 227 g/mol. The average Bonchev–Trinajstić information content (AvgIpc) is 2.66. The molecule has 1 heterocycles. The Kier molecular flexibility index (Phi) is 2.77. The molecule has 1 atom stereocenters. The minimum absolute atomic E-state index is 0.159. The number of carboxylic acids is 1. The fourth-order valence-corrected chi connectivity index (χ4v) is 2.03. The number of halogens is 2. The number of hydrogen-bond donors (Lipinski definition) is 1. The first kappa shape index (κ1) is 10.9. The summed E-state index contributed by atoms with van der Waals surface area (Å²) in [5.41, 5.74) is 0.159. The van der Waals surface area contributed by atoms with E-state index >= 15 is 0 Å². The molecule has 0 aliphatic carbocycles. The number of rotatable bonds is 2. The minimum Gasteiger partial charge on any atom is -0.480 e. The van der Waals surface area contributed by atoms with Crippen molar-refractivity contribution in [3.05, 3.63) is 29.8 Å². The molecule has 16 heavy (non-hydrogen) atoms. The molecular weight excluding hydrogens is 216 g/mol. The Morgan fingerprint density at radius 2 is 2.19 bits per heavy atom. The summed E-state index contributed by atoms with van der Waals surface area (Å²) in [4.78, 5) is 12.4. The van der Waals surface area contributed by atoms with Crippen molar-refractivity contribution in [2.45, 2.75) is 18.9 Å². The van der Waals surface area contributed by atoms with Crippen LogP contribution in [0.2, 0.25) is 0 Å². The first-order valence-electron chi connectivity index (χ1n) is 5.04. The molecule has 5 heteroatoms. The molecule has 1 aliphatic heterocycles. The number of aliphatic carboxylic acids is 1. The Bertz CT molecular complexity index is 422. The Morgan fingerprint density at radius 1 is 1.44 bits per heavy atom. The summed E-state index contributed by atoms with van der Waals surface area (Å²) < 4.78 is 26.2. The Labute approximate surface area is 91.3 Å². The summed E-state index contributed by atoms with van der Waals surface area (Å²) in [5, 5.41) is 8.95. The van der Waals surface area contributed by atoms with Gasteiger partial charge in [-0.2, -0.15) is 0 Å². The number of carbonyl (C=O) groups is 1. The van der Waals surface area contributed by atoms with Crippen LogP contribution in [0.4, 0.5) is 14.5 Å². The van der Waals surface area contributed by atoms with Gasteiger partial charge in [-0.15, -0.1) is 0 Å². The third kappa shape index (κ3) is 1.85. The molecular formula is C11H11F2NO2. The molecule has 1 aliphatic rings. The number of benzene rings is 1. The fraction of sp³-hybridized carbons (Fsp3) is 0.364. The van der Waals surface area contributed by atoms with E-state index in [1.165, 1.54) is 11.0 Å². The van der Waals surface area contributed by atoms with E-state index in [1.54, 1.807) is 0 Å². The van der Waals surface area contributed by atoms with Crippen LogP contribution >= 0.6 is 0 Å². The maximum Gasteiger partial charge on any atom is 0.326 e. The molecule has 0 radical (unpaired) electrons. The molecule has 1 saturated heterocycles. The van der Waals surface area contributed by atoms with E-state index < -0.39 is 23.6 Å². The van der Waals surface area contributed by atoms with E-state index in [2.05, 4.69) is 0 Å². The van der Waals surface area contributed by atoms with Gasteiger partial charge in [-0.25, -0.2) is 13.6 Å². The molecule has 0 saturated carbocycles. The van der Waals surface area contributed by atoms with Gasteiger partial charge < -0.3 is 10.0 Å². The van der Waals surface area contributed by atoms with Gasteiger partial charge >= 0.3 is 5.97 Å². The van der Waals surface area contributed by atoms with Crippen LogP contribution in [0.5, 0.6) is 0 Å². The molecule has 0 bridgehead atoms. The first-order chi connectivity index (χ1) is 7.59. The van der Waals surface area contributed by atoms with Gasteiger partial charge in [0.2, 0.25) is 0 Å². The van der Waals surface area contributed by atoms with Crippen LogP contribution in [-0.4, -0.2) is 23.7 Å². The van der Waals surface area contributed by atoms with Gasteiger partial charge in [-0.3, -0.25) is 0 Å². The third-order valence-electron chi connectivity index (χ3n) is 2.76. The molecule has 0 amide bonds. The second kappa shape index (κ2) is 4.08. The van der Waals surface area contributed by atoms with Crippen LogP contribution < -0.4 is 4.90 Å². The minimum atomic E-state index is -0.971. The van der Waals surface area contributed by atoms with Crippen LogP contribution in [0, 0.1) is 11.6 Å². The van der Waals surface area contributed by atoms with E-state index in [0.717, 1.165) is 12.1 Å². The van der Waals surface area contributed by atoms with Crippen molar-refractivity contribution in [2.75, 3.05) is 11.4 Å². The summed E-state index contributed by atoms with van der Waals surface area (Å²) in [5.74, 6) is -2.35. The van der Waals surface area contributed by atoms with E-state index in [0.29, 0.717) is 19.4 Å². The maximum atomic E-state index is 13.5. The van der Waals surface area contributed by atoms with Crippen LogP contribution in [0.15, 0.2) is 18.2 Å². The Balaban J connectivity index is 2.32. The van der Waals surface area contributed by atoms with Crippen molar-refractivity contribution < 1.29 is 18.7 Å². The summed E-state index contributed by atoms with van der Waals surface area (Å²) in [6.07, 6.45) is 1.19. The molecule has 86 valence electrons. The number of carboxylic acid groups (broad SMARTS) is 1. The normalized spacial score (nSPS) is 20.1. The fourth-order valence-electron chi connectivity index (χ4n) is 2.03. The molecule has 1 aromatic rings. The van der Waals surface area contributed by atoms with Gasteiger partial charge in [-0.05, 0) is 25.0 Å². The molecule has 1 fully saturated rings. The highest BCUT2D eigenvalue weighted by Crippen LogP contribution is 2.28. The number of hydrogen-bond acceptors (Lipinski definition) is 2. The SMILES string of the molecule is O=C(O)C1CCCN1c1ccc(F)cc1F. The van der Waals surface area contributed by atoms with Crippen molar-refractivity contribution in [2.24, 2.45) is 0 Å². The summed E-state index contributed by atoms with van der Waals surface area (Å²) in [6, 6.07) is 2.48. The third-order valence-corrected chi connectivity index (χ3v) is 2.76. The number of nitrogens with zero attached hydrogens (tertiary/aromatic N) is 1. The summed E-state index contributed by atoms with van der Waals surface area (Å²) in [6.45, 7) is 0.486. The van der Waals surface area contributed by atoms with Crippen molar-refractivity contribution in [1.29, 1.82) is 0 Å². The zero-order valence-corrected chi connectivity index (χ0v) is 8.49.